The van der Waals surface area contributed by atoms with Crippen LogP contribution in [-0.2, 0) is 16.1 Å². The minimum Gasteiger partial charge on any atom is -0.481 e. The maximum absolute atomic E-state index is 14.5. The summed E-state index contributed by atoms with van der Waals surface area (Å²) in [5, 5.41) is 26.9. The third-order valence-electron chi connectivity index (χ3n) is 6.12. The van der Waals surface area contributed by atoms with Gasteiger partial charge < -0.3 is 30.3 Å². The zero-order valence-corrected chi connectivity index (χ0v) is 20.5. The Morgan fingerprint density at radius 1 is 1.32 bits per heavy atom. The lowest BCUT2D eigenvalue weighted by Gasteiger charge is -2.23. The van der Waals surface area contributed by atoms with Crippen LogP contribution in [0.5, 0.6) is 5.88 Å². The molecule has 13 heteroatoms. The average molecular weight is 530 g/mol. The average Bonchev–Trinajstić information content (AvgIpc) is 3.29. The highest BCUT2D eigenvalue weighted by molar-refractivity contribution is 8.00. The first-order valence-corrected chi connectivity index (χ1v) is 12.4. The maximum atomic E-state index is 14.5. The van der Waals surface area contributed by atoms with E-state index < -0.39 is 30.2 Å². The molecule has 5 rings (SSSR count). The van der Waals surface area contributed by atoms with Crippen LogP contribution in [0.15, 0.2) is 41.4 Å². The second kappa shape index (κ2) is 10.5. The molecule has 1 saturated heterocycles. The van der Waals surface area contributed by atoms with Gasteiger partial charge in [-0.1, -0.05) is 0 Å². The Hall–Kier alpha value is -3.52. The molecule has 2 amide bonds. The fraction of sp³-hybridized carbons (Fsp3) is 0.333. The van der Waals surface area contributed by atoms with E-state index in [0.717, 1.165) is 11.1 Å². The standard InChI is InChI=1S/C24H24FN5O6S/c1-35-21-5-3-15-22(29-21)13(14(25)8-27-15)7-26-9-17(31)23(33)18-10-30(24(34)36-18)12-2-4-19-16(6-12)28-20(32)11-37-19/h2-6,8,17-18,23,26,31,33H,7,9-11H2,1H3,(H,28,32)/t17-,18-,23+/m1/s1. The Bertz CT molecular complexity index is 1360. The van der Waals surface area contributed by atoms with Gasteiger partial charge in [0.25, 0.3) is 0 Å². The number of benzene rings is 1. The van der Waals surface area contributed by atoms with E-state index in [4.69, 9.17) is 9.47 Å². The molecule has 0 bridgehead atoms. The highest BCUT2D eigenvalue weighted by Crippen LogP contribution is 2.35. The van der Waals surface area contributed by atoms with Crippen LogP contribution in [0.3, 0.4) is 0 Å². The number of amides is 2. The van der Waals surface area contributed by atoms with E-state index in [0.29, 0.717) is 34.0 Å². The van der Waals surface area contributed by atoms with Crippen LogP contribution in [0, 0.1) is 5.82 Å². The number of rotatable bonds is 8. The second-order valence-corrected chi connectivity index (χ2v) is 9.56. The molecular weight excluding hydrogens is 505 g/mol. The molecule has 3 atom stereocenters. The van der Waals surface area contributed by atoms with Gasteiger partial charge in [0.05, 0.1) is 42.9 Å². The molecule has 1 fully saturated rings. The van der Waals surface area contributed by atoms with Crippen LogP contribution in [0.25, 0.3) is 11.0 Å². The highest BCUT2D eigenvalue weighted by Gasteiger charge is 2.39. The lowest BCUT2D eigenvalue weighted by atomic mass is 10.1. The number of aliphatic hydroxyl groups excluding tert-OH is 2. The van der Waals surface area contributed by atoms with Gasteiger partial charge in [0.2, 0.25) is 11.8 Å². The Morgan fingerprint density at radius 2 is 2.16 bits per heavy atom. The van der Waals surface area contributed by atoms with Crippen molar-refractivity contribution in [2.24, 2.45) is 0 Å². The van der Waals surface area contributed by atoms with Crippen LogP contribution >= 0.6 is 11.8 Å². The van der Waals surface area contributed by atoms with Gasteiger partial charge in [0.1, 0.15) is 17.4 Å². The normalized spacial score (nSPS) is 18.8. The summed E-state index contributed by atoms with van der Waals surface area (Å²) in [6, 6.07) is 8.49. The number of fused-ring (bicyclic) bond motifs is 2. The van der Waals surface area contributed by atoms with Crippen molar-refractivity contribution in [1.29, 1.82) is 0 Å². The Kier molecular flexibility index (Phi) is 7.11. The predicted octanol–water partition coefficient (Wildman–Crippen LogP) is 1.66. The van der Waals surface area contributed by atoms with Crippen molar-refractivity contribution in [2.45, 2.75) is 29.8 Å². The molecular formula is C24H24FN5O6S. The number of carbonyl (C=O) groups excluding carboxylic acids is 2. The fourth-order valence-corrected chi connectivity index (χ4v) is 4.97. The number of cyclic esters (lactones) is 1. The summed E-state index contributed by atoms with van der Waals surface area (Å²) < 4.78 is 24.9. The molecule has 0 radical (unpaired) electrons. The van der Waals surface area contributed by atoms with Crippen molar-refractivity contribution in [1.82, 2.24) is 15.3 Å². The number of carbonyl (C=O) groups is 2. The van der Waals surface area contributed by atoms with Gasteiger partial charge in [0, 0.05) is 35.3 Å². The van der Waals surface area contributed by atoms with Crippen molar-refractivity contribution in [2.75, 3.05) is 36.2 Å². The lowest BCUT2D eigenvalue weighted by molar-refractivity contribution is -0.113. The van der Waals surface area contributed by atoms with Gasteiger partial charge in [-0.15, -0.1) is 11.8 Å². The largest absolute Gasteiger partial charge is 0.481 e. The van der Waals surface area contributed by atoms with E-state index in [-0.39, 0.29) is 31.1 Å². The minimum absolute atomic E-state index is 0.00420. The quantitative estimate of drug-likeness (QED) is 0.340. The summed E-state index contributed by atoms with van der Waals surface area (Å²) in [6.07, 6.45) is -3.28. The Morgan fingerprint density at radius 3 is 2.97 bits per heavy atom. The molecule has 2 aliphatic heterocycles. The molecule has 4 heterocycles. The number of pyridine rings is 2. The number of halogens is 1. The number of hydrogen-bond donors (Lipinski definition) is 4. The SMILES string of the molecule is COc1ccc2ncc(F)c(CNC[C@@H](O)[C@H](O)[C@H]3CN(c4ccc5c(c4)NC(=O)CS5)C(=O)O3)c2n1. The maximum Gasteiger partial charge on any atom is 0.414 e. The number of nitrogens with zero attached hydrogens (tertiary/aromatic N) is 3. The lowest BCUT2D eigenvalue weighted by Crippen LogP contribution is -2.44. The van der Waals surface area contributed by atoms with Crippen molar-refractivity contribution in [3.05, 3.63) is 47.9 Å². The molecule has 0 saturated carbocycles. The molecule has 1 aromatic carbocycles. The van der Waals surface area contributed by atoms with E-state index in [1.54, 1.807) is 30.3 Å². The zero-order chi connectivity index (χ0) is 26.1. The van der Waals surface area contributed by atoms with Gasteiger partial charge >= 0.3 is 6.09 Å². The zero-order valence-electron chi connectivity index (χ0n) is 19.7. The number of ether oxygens (including phenoxy) is 2. The number of hydrogen-bond acceptors (Lipinski definition) is 10. The third kappa shape index (κ3) is 5.16. The summed E-state index contributed by atoms with van der Waals surface area (Å²) in [7, 11) is 1.45. The van der Waals surface area contributed by atoms with Gasteiger partial charge in [-0.3, -0.25) is 14.7 Å². The van der Waals surface area contributed by atoms with Crippen LogP contribution in [0.4, 0.5) is 20.6 Å². The van der Waals surface area contributed by atoms with Crippen LogP contribution in [0.1, 0.15) is 5.56 Å². The topological polar surface area (TPSA) is 146 Å². The monoisotopic (exact) mass is 529 g/mol. The fourth-order valence-electron chi connectivity index (χ4n) is 4.19. The van der Waals surface area contributed by atoms with Crippen LogP contribution in [0.2, 0.25) is 0 Å². The summed E-state index contributed by atoms with van der Waals surface area (Å²) in [5.41, 5.74) is 2.14. The smallest absolute Gasteiger partial charge is 0.414 e. The van der Waals surface area contributed by atoms with Crippen molar-refractivity contribution < 1.29 is 33.7 Å². The van der Waals surface area contributed by atoms with E-state index >= 15 is 0 Å². The first kappa shape index (κ1) is 25.1. The molecule has 3 aromatic rings. The molecule has 0 unspecified atom stereocenters. The highest BCUT2D eigenvalue weighted by atomic mass is 32.2. The molecule has 194 valence electrons. The second-order valence-electron chi connectivity index (χ2n) is 8.55. The van der Waals surface area contributed by atoms with Gasteiger partial charge in [-0.05, 0) is 24.3 Å². The molecule has 2 aliphatic rings. The van der Waals surface area contributed by atoms with Crippen molar-refractivity contribution in [3.8, 4) is 5.88 Å². The Labute approximate surface area is 215 Å². The van der Waals surface area contributed by atoms with Crippen molar-refractivity contribution >= 4 is 46.2 Å². The van der Waals surface area contributed by atoms with E-state index in [2.05, 4.69) is 20.6 Å². The third-order valence-corrected chi connectivity index (χ3v) is 7.20. The number of aliphatic hydroxyl groups is 2. The van der Waals surface area contributed by atoms with Gasteiger partial charge in [0.15, 0.2) is 6.10 Å². The van der Waals surface area contributed by atoms with E-state index in [9.17, 15) is 24.2 Å². The molecule has 0 spiro atoms. The Balaban J connectivity index is 1.21. The van der Waals surface area contributed by atoms with Crippen LogP contribution < -0.4 is 20.3 Å². The van der Waals surface area contributed by atoms with Gasteiger partial charge in [-0.2, -0.15) is 0 Å². The van der Waals surface area contributed by atoms with E-state index in [1.165, 1.54) is 23.8 Å². The van der Waals surface area contributed by atoms with E-state index in [1.807, 2.05) is 0 Å². The number of anilines is 2. The number of thioether (sulfide) groups is 1. The summed E-state index contributed by atoms with van der Waals surface area (Å²) >= 11 is 1.40. The summed E-state index contributed by atoms with van der Waals surface area (Å²) in [6.45, 7) is -0.0982. The molecule has 37 heavy (non-hydrogen) atoms. The first-order chi connectivity index (χ1) is 17.8. The van der Waals surface area contributed by atoms with Gasteiger partial charge in [-0.25, -0.2) is 14.2 Å². The molecule has 4 N–H and O–H groups in total. The van der Waals surface area contributed by atoms with Crippen LogP contribution in [-0.4, -0.2) is 76.4 Å². The number of nitrogens with one attached hydrogen (secondary N) is 2. The first-order valence-electron chi connectivity index (χ1n) is 11.4. The van der Waals surface area contributed by atoms with Crippen molar-refractivity contribution in [3.63, 3.8) is 0 Å². The number of methoxy groups -OCH3 is 1. The molecule has 0 aliphatic carbocycles. The minimum atomic E-state index is -1.40. The predicted molar refractivity (Wildman–Crippen MR) is 133 cm³/mol. The number of aromatic nitrogens is 2. The summed E-state index contributed by atoms with van der Waals surface area (Å²) in [5.74, 6) is -0.0651. The molecule has 11 nitrogen and oxygen atoms in total. The summed E-state index contributed by atoms with van der Waals surface area (Å²) in [4.78, 5) is 34.7. The molecule has 2 aromatic heterocycles.